The molecule has 0 aromatic heterocycles. The van der Waals surface area contributed by atoms with Crippen LogP contribution in [0, 0.1) is 0 Å². The number of ether oxygens (including phenoxy) is 2. The predicted molar refractivity (Wildman–Crippen MR) is 103 cm³/mol. The molecule has 7 heteroatoms. The second-order valence-corrected chi connectivity index (χ2v) is 8.18. The van der Waals surface area contributed by atoms with Crippen LogP contribution in [0.2, 0.25) is 0 Å². The Labute approximate surface area is 160 Å². The summed E-state index contributed by atoms with van der Waals surface area (Å²) in [4.78, 5) is 16.6. The maximum atomic E-state index is 13.0. The van der Waals surface area contributed by atoms with Crippen LogP contribution in [0.1, 0.15) is 24.3 Å². The van der Waals surface area contributed by atoms with E-state index in [4.69, 9.17) is 9.47 Å². The Bertz CT molecular complexity index is 622. The number of hydrogen-bond donors (Lipinski definition) is 2. The minimum absolute atomic E-state index is 0.00625. The van der Waals surface area contributed by atoms with Crippen molar-refractivity contribution in [2.75, 3.05) is 53.5 Å². The van der Waals surface area contributed by atoms with Crippen molar-refractivity contribution in [3.05, 3.63) is 23.8 Å². The first-order valence-corrected chi connectivity index (χ1v) is 10.4. The third-order valence-electron chi connectivity index (χ3n) is 5.32. The number of amides is 1. The highest BCUT2D eigenvalue weighted by atomic mass is 32.2. The number of carbonyl (C=O) groups is 1. The van der Waals surface area contributed by atoms with Gasteiger partial charge in [-0.2, -0.15) is 0 Å². The lowest BCUT2D eigenvalue weighted by Crippen LogP contribution is -3.20. The zero-order valence-corrected chi connectivity index (χ0v) is 16.8. The number of nitrogens with two attached hydrogens (primary N) is 1. The van der Waals surface area contributed by atoms with E-state index in [1.54, 1.807) is 30.9 Å². The summed E-state index contributed by atoms with van der Waals surface area (Å²) in [6, 6.07) is 5.85. The third-order valence-corrected chi connectivity index (χ3v) is 6.95. The summed E-state index contributed by atoms with van der Waals surface area (Å²) in [5, 5.41) is 2.39. The molecule has 2 saturated heterocycles. The number of nitrogens with one attached hydrogen (secondary N) is 1. The first kappa shape index (κ1) is 19.3. The maximum Gasteiger partial charge on any atom is 0.237 e. The second kappa shape index (κ2) is 8.97. The fourth-order valence-corrected chi connectivity index (χ4v) is 5.21. The summed E-state index contributed by atoms with van der Waals surface area (Å²) in [6.45, 7) is 8.62. The Balaban J connectivity index is 1.81. The number of methoxy groups -OCH3 is 2. The number of rotatable bonds is 7. The number of hydrogen-bond acceptors (Lipinski definition) is 4. The van der Waals surface area contributed by atoms with Crippen molar-refractivity contribution < 1.29 is 24.5 Å². The van der Waals surface area contributed by atoms with Crippen LogP contribution in [0.5, 0.6) is 11.5 Å². The molecule has 0 radical (unpaired) electrons. The van der Waals surface area contributed by atoms with Crippen molar-refractivity contribution in [3.8, 4) is 11.5 Å². The molecular weight excluding hydrogens is 350 g/mol. The molecule has 2 aliphatic heterocycles. The lowest BCUT2D eigenvalue weighted by atomic mass is 10.1. The van der Waals surface area contributed by atoms with Crippen molar-refractivity contribution in [1.29, 1.82) is 0 Å². The van der Waals surface area contributed by atoms with E-state index in [9.17, 15) is 4.79 Å². The largest absolute Gasteiger partial charge is 0.497 e. The van der Waals surface area contributed by atoms with Crippen LogP contribution in [-0.2, 0) is 4.79 Å². The van der Waals surface area contributed by atoms with E-state index in [0.29, 0.717) is 0 Å². The summed E-state index contributed by atoms with van der Waals surface area (Å²) in [5.41, 5.74) is 1.03. The van der Waals surface area contributed by atoms with Gasteiger partial charge in [0.25, 0.3) is 0 Å². The lowest BCUT2D eigenvalue weighted by molar-refractivity contribution is -0.946. The van der Waals surface area contributed by atoms with Gasteiger partial charge in [-0.25, -0.2) is 0 Å². The standard InChI is InChI=1S/C19H29N3O3S/c1-4-17-18(23)22(12-11-21-9-7-20-8-10-21)19(26-17)15-13-14(24-2)5-6-16(15)25-3/h5-6,13,17,19-20H,4,7-12H2,1-3H3/p+2/t17-,19-/m0/s1. The third kappa shape index (κ3) is 4.10. The fraction of sp³-hybridized carbons (Fsp3) is 0.632. The maximum absolute atomic E-state index is 13.0. The molecular formula is C19H31N3O3S+2. The number of nitrogens with zero attached hydrogens (tertiary/aromatic N) is 1. The summed E-state index contributed by atoms with van der Waals surface area (Å²) >= 11 is 1.74. The summed E-state index contributed by atoms with van der Waals surface area (Å²) in [6.07, 6.45) is 0.855. The van der Waals surface area contributed by atoms with Crippen molar-refractivity contribution in [2.45, 2.75) is 24.0 Å². The van der Waals surface area contributed by atoms with E-state index in [1.165, 1.54) is 26.2 Å². The Morgan fingerprint density at radius 1 is 1.27 bits per heavy atom. The summed E-state index contributed by atoms with van der Waals surface area (Å²) < 4.78 is 11.0. The van der Waals surface area contributed by atoms with Crippen molar-refractivity contribution in [2.24, 2.45) is 0 Å². The van der Waals surface area contributed by atoms with Gasteiger partial charge in [0.1, 0.15) is 43.1 Å². The second-order valence-electron chi connectivity index (χ2n) is 6.89. The number of carbonyl (C=O) groups excluding carboxylic acids is 1. The van der Waals surface area contributed by atoms with Crippen LogP contribution in [0.15, 0.2) is 18.2 Å². The molecule has 2 fully saturated rings. The van der Waals surface area contributed by atoms with E-state index in [-0.39, 0.29) is 16.5 Å². The van der Waals surface area contributed by atoms with Crippen LogP contribution in [-0.4, -0.2) is 69.5 Å². The molecule has 2 atom stereocenters. The van der Waals surface area contributed by atoms with Gasteiger partial charge < -0.3 is 24.6 Å². The SMILES string of the molecule is CC[C@@H]1S[C@@H](c2cc(OC)ccc2OC)N(CC[NH+]2CC[NH2+]CC2)C1=O. The van der Waals surface area contributed by atoms with E-state index >= 15 is 0 Å². The molecule has 3 N–H and O–H groups in total. The van der Waals surface area contributed by atoms with Gasteiger partial charge in [-0.3, -0.25) is 4.79 Å². The Kier molecular flexibility index (Phi) is 6.67. The average molecular weight is 382 g/mol. The van der Waals surface area contributed by atoms with Gasteiger partial charge in [-0.1, -0.05) is 6.92 Å². The molecule has 1 aromatic carbocycles. The highest BCUT2D eigenvalue weighted by Crippen LogP contribution is 2.47. The minimum Gasteiger partial charge on any atom is -0.497 e. The Morgan fingerprint density at radius 3 is 2.69 bits per heavy atom. The fourth-order valence-electron chi connectivity index (χ4n) is 3.77. The van der Waals surface area contributed by atoms with Gasteiger partial charge in [-0.05, 0) is 24.6 Å². The first-order valence-electron chi connectivity index (χ1n) is 9.51. The quantitative estimate of drug-likeness (QED) is 0.670. The summed E-state index contributed by atoms with van der Waals surface area (Å²) in [5.74, 6) is 1.87. The van der Waals surface area contributed by atoms with Crippen molar-refractivity contribution >= 4 is 17.7 Å². The van der Waals surface area contributed by atoms with Gasteiger partial charge >= 0.3 is 0 Å². The predicted octanol–water partition coefficient (Wildman–Crippen LogP) is -0.482. The molecule has 6 nitrogen and oxygen atoms in total. The normalized spacial score (nSPS) is 24.1. The topological polar surface area (TPSA) is 59.8 Å². The van der Waals surface area contributed by atoms with Crippen molar-refractivity contribution in [1.82, 2.24) is 4.90 Å². The molecule has 0 aliphatic carbocycles. The molecule has 0 spiro atoms. The number of quaternary nitrogens is 2. The van der Waals surface area contributed by atoms with Crippen LogP contribution in [0.3, 0.4) is 0 Å². The zero-order chi connectivity index (χ0) is 18.5. The van der Waals surface area contributed by atoms with Gasteiger partial charge in [0, 0.05) is 5.56 Å². The molecule has 1 aromatic rings. The molecule has 1 amide bonds. The van der Waals surface area contributed by atoms with Crippen LogP contribution < -0.4 is 19.7 Å². The molecule has 144 valence electrons. The molecule has 0 bridgehead atoms. The number of thioether (sulfide) groups is 1. The molecule has 3 rings (SSSR count). The highest BCUT2D eigenvalue weighted by molar-refractivity contribution is 8.01. The summed E-state index contributed by atoms with van der Waals surface area (Å²) in [7, 11) is 3.35. The average Bonchev–Trinajstić information content (AvgIpc) is 3.02. The van der Waals surface area contributed by atoms with Crippen molar-refractivity contribution in [3.63, 3.8) is 0 Å². The first-order chi connectivity index (χ1) is 12.7. The van der Waals surface area contributed by atoms with E-state index in [1.807, 2.05) is 18.2 Å². The van der Waals surface area contributed by atoms with E-state index in [2.05, 4.69) is 17.1 Å². The van der Waals surface area contributed by atoms with E-state index < -0.39 is 0 Å². The Morgan fingerprint density at radius 2 is 2.04 bits per heavy atom. The number of piperazine rings is 1. The molecule has 2 aliphatic rings. The van der Waals surface area contributed by atoms with Gasteiger partial charge in [0.05, 0.1) is 32.6 Å². The lowest BCUT2D eigenvalue weighted by Gasteiger charge is -2.28. The van der Waals surface area contributed by atoms with E-state index in [0.717, 1.165) is 36.6 Å². The van der Waals surface area contributed by atoms with Crippen LogP contribution in [0.4, 0.5) is 0 Å². The van der Waals surface area contributed by atoms with Gasteiger partial charge in [-0.15, -0.1) is 11.8 Å². The minimum atomic E-state index is -0.00625. The highest BCUT2D eigenvalue weighted by Gasteiger charge is 2.41. The van der Waals surface area contributed by atoms with Gasteiger partial charge in [0.15, 0.2) is 0 Å². The van der Waals surface area contributed by atoms with Crippen LogP contribution in [0.25, 0.3) is 0 Å². The van der Waals surface area contributed by atoms with Gasteiger partial charge in [0.2, 0.25) is 5.91 Å². The molecule has 0 unspecified atom stereocenters. The Hall–Kier alpha value is -1.44. The zero-order valence-electron chi connectivity index (χ0n) is 16.0. The smallest absolute Gasteiger partial charge is 0.237 e. The molecule has 26 heavy (non-hydrogen) atoms. The molecule has 0 saturated carbocycles. The monoisotopic (exact) mass is 381 g/mol. The number of benzene rings is 1. The van der Waals surface area contributed by atoms with Crippen LogP contribution >= 0.6 is 11.8 Å². The molecule has 2 heterocycles.